The van der Waals surface area contributed by atoms with Crippen LogP contribution in [0.15, 0.2) is 36.4 Å². The highest BCUT2D eigenvalue weighted by Gasteiger charge is 2.12. The van der Waals surface area contributed by atoms with E-state index in [0.29, 0.717) is 17.2 Å². The molecular formula is C19H22N2O5. The molecule has 0 spiro atoms. The summed E-state index contributed by atoms with van der Waals surface area (Å²) in [5.41, 5.74) is 6.82. The number of amides is 2. The highest BCUT2D eigenvalue weighted by atomic mass is 16.5. The van der Waals surface area contributed by atoms with Gasteiger partial charge in [0.05, 0.1) is 14.2 Å². The van der Waals surface area contributed by atoms with Crippen molar-refractivity contribution in [2.24, 2.45) is 0 Å². The van der Waals surface area contributed by atoms with Crippen molar-refractivity contribution in [1.29, 1.82) is 0 Å². The maximum atomic E-state index is 12.2. The largest absolute Gasteiger partial charge is 0.497 e. The van der Waals surface area contributed by atoms with E-state index in [1.807, 2.05) is 32.0 Å². The van der Waals surface area contributed by atoms with Crippen molar-refractivity contribution >= 4 is 11.8 Å². The Morgan fingerprint density at radius 3 is 2.04 bits per heavy atom. The van der Waals surface area contributed by atoms with Crippen molar-refractivity contribution in [2.45, 2.75) is 13.8 Å². The number of carbonyl (C=O) groups is 2. The highest BCUT2D eigenvalue weighted by Crippen LogP contribution is 2.23. The second kappa shape index (κ2) is 8.75. The molecule has 2 amide bonds. The number of para-hydroxylation sites is 1. The lowest BCUT2D eigenvalue weighted by Gasteiger charge is -2.13. The lowest BCUT2D eigenvalue weighted by Crippen LogP contribution is -2.43. The van der Waals surface area contributed by atoms with Crippen LogP contribution in [0, 0.1) is 13.8 Å². The molecule has 0 radical (unpaired) electrons. The Kier molecular flexibility index (Phi) is 6.43. The van der Waals surface area contributed by atoms with Crippen LogP contribution in [0.2, 0.25) is 0 Å². The predicted octanol–water partition coefficient (Wildman–Crippen LogP) is 2.16. The van der Waals surface area contributed by atoms with Gasteiger partial charge in [0, 0.05) is 11.6 Å². The second-order valence-corrected chi connectivity index (χ2v) is 5.61. The Morgan fingerprint density at radius 2 is 1.50 bits per heavy atom. The van der Waals surface area contributed by atoms with Gasteiger partial charge in [-0.3, -0.25) is 20.4 Å². The number of hydrazine groups is 1. The van der Waals surface area contributed by atoms with E-state index in [1.165, 1.54) is 26.4 Å². The van der Waals surface area contributed by atoms with E-state index in [0.717, 1.165) is 11.1 Å². The molecule has 0 aromatic heterocycles. The van der Waals surface area contributed by atoms with E-state index in [9.17, 15) is 9.59 Å². The summed E-state index contributed by atoms with van der Waals surface area (Å²) >= 11 is 0. The zero-order chi connectivity index (χ0) is 19.1. The zero-order valence-corrected chi connectivity index (χ0v) is 15.2. The normalized spacial score (nSPS) is 10.0. The number of hydrogen-bond acceptors (Lipinski definition) is 5. The molecule has 2 N–H and O–H groups in total. The van der Waals surface area contributed by atoms with E-state index in [2.05, 4.69) is 10.9 Å². The van der Waals surface area contributed by atoms with Gasteiger partial charge >= 0.3 is 0 Å². The Bertz CT molecular complexity index is 762. The fraction of sp³-hybridized carbons (Fsp3) is 0.263. The highest BCUT2D eigenvalue weighted by molar-refractivity contribution is 5.96. The van der Waals surface area contributed by atoms with Gasteiger partial charge in [-0.15, -0.1) is 0 Å². The molecule has 2 aromatic carbocycles. The standard InChI is InChI=1S/C19H22N2O5/c1-12-6-5-7-13(2)18(12)26-11-17(22)20-21-19(23)14-8-15(24-3)10-16(9-14)25-4/h5-10H,11H2,1-4H3,(H,20,22)(H,21,23). The molecule has 2 aromatic rings. The second-order valence-electron chi connectivity index (χ2n) is 5.61. The number of hydrogen-bond donors (Lipinski definition) is 2. The molecule has 0 heterocycles. The lowest BCUT2D eigenvalue weighted by atomic mass is 10.1. The van der Waals surface area contributed by atoms with E-state index in [4.69, 9.17) is 14.2 Å². The summed E-state index contributed by atoms with van der Waals surface area (Å²) in [5.74, 6) is 0.628. The van der Waals surface area contributed by atoms with Gasteiger partial charge in [0.25, 0.3) is 11.8 Å². The number of methoxy groups -OCH3 is 2. The van der Waals surface area contributed by atoms with E-state index in [1.54, 1.807) is 6.07 Å². The molecule has 0 atom stereocenters. The summed E-state index contributed by atoms with van der Waals surface area (Å²) < 4.78 is 15.8. The molecule has 7 nitrogen and oxygen atoms in total. The molecule has 0 unspecified atom stereocenters. The van der Waals surface area contributed by atoms with Gasteiger partial charge in [0.15, 0.2) is 6.61 Å². The Balaban J connectivity index is 1.92. The van der Waals surface area contributed by atoms with Crippen molar-refractivity contribution in [3.63, 3.8) is 0 Å². The third-order valence-electron chi connectivity index (χ3n) is 3.69. The molecule has 2 rings (SSSR count). The predicted molar refractivity (Wildman–Crippen MR) is 96.6 cm³/mol. The first kappa shape index (κ1) is 19.1. The maximum Gasteiger partial charge on any atom is 0.276 e. The molecule has 0 aliphatic rings. The SMILES string of the molecule is COc1cc(OC)cc(C(=O)NNC(=O)COc2c(C)cccc2C)c1. The van der Waals surface area contributed by atoms with Gasteiger partial charge in [-0.05, 0) is 37.1 Å². The van der Waals surface area contributed by atoms with Crippen molar-refractivity contribution < 1.29 is 23.8 Å². The Hall–Kier alpha value is -3.22. The molecule has 0 bridgehead atoms. The van der Waals surface area contributed by atoms with Gasteiger partial charge in [0.2, 0.25) is 0 Å². The minimum absolute atomic E-state index is 0.215. The minimum Gasteiger partial charge on any atom is -0.497 e. The van der Waals surface area contributed by atoms with Gasteiger partial charge < -0.3 is 14.2 Å². The van der Waals surface area contributed by atoms with E-state index >= 15 is 0 Å². The third-order valence-corrected chi connectivity index (χ3v) is 3.69. The number of nitrogens with one attached hydrogen (secondary N) is 2. The third kappa shape index (κ3) is 4.89. The number of ether oxygens (including phenoxy) is 3. The quantitative estimate of drug-likeness (QED) is 0.773. The molecule has 0 aliphatic carbocycles. The van der Waals surface area contributed by atoms with Crippen LogP contribution in [0.4, 0.5) is 0 Å². The van der Waals surface area contributed by atoms with Crippen LogP contribution in [-0.2, 0) is 4.79 Å². The molecule has 26 heavy (non-hydrogen) atoms. The van der Waals surface area contributed by atoms with Crippen molar-refractivity contribution in [2.75, 3.05) is 20.8 Å². The zero-order valence-electron chi connectivity index (χ0n) is 15.2. The molecule has 0 saturated heterocycles. The van der Waals surface area contributed by atoms with Crippen LogP contribution >= 0.6 is 0 Å². The number of benzene rings is 2. The summed E-state index contributed by atoms with van der Waals surface area (Å²) in [6.07, 6.45) is 0. The van der Waals surface area contributed by atoms with Crippen molar-refractivity contribution in [3.05, 3.63) is 53.1 Å². The fourth-order valence-electron chi connectivity index (χ4n) is 2.34. The van der Waals surface area contributed by atoms with Crippen LogP contribution in [0.1, 0.15) is 21.5 Å². The number of rotatable bonds is 6. The average Bonchev–Trinajstić information content (AvgIpc) is 2.65. The first-order chi connectivity index (χ1) is 12.4. The van der Waals surface area contributed by atoms with Crippen LogP contribution in [-0.4, -0.2) is 32.6 Å². The number of carbonyl (C=O) groups excluding carboxylic acids is 2. The van der Waals surface area contributed by atoms with E-state index in [-0.39, 0.29) is 12.2 Å². The fourth-order valence-corrected chi connectivity index (χ4v) is 2.34. The summed E-state index contributed by atoms with van der Waals surface area (Å²) in [5, 5.41) is 0. The first-order valence-electron chi connectivity index (χ1n) is 7.96. The van der Waals surface area contributed by atoms with E-state index < -0.39 is 11.8 Å². The monoisotopic (exact) mass is 358 g/mol. The number of aryl methyl sites for hydroxylation is 2. The van der Waals surface area contributed by atoms with Gasteiger partial charge in [-0.2, -0.15) is 0 Å². The topological polar surface area (TPSA) is 85.9 Å². The molecule has 0 saturated carbocycles. The van der Waals surface area contributed by atoms with Gasteiger partial charge in [-0.1, -0.05) is 18.2 Å². The minimum atomic E-state index is -0.498. The van der Waals surface area contributed by atoms with Crippen LogP contribution in [0.5, 0.6) is 17.2 Å². The van der Waals surface area contributed by atoms with Crippen LogP contribution in [0.25, 0.3) is 0 Å². The summed E-state index contributed by atoms with van der Waals surface area (Å²) in [6.45, 7) is 3.59. The smallest absolute Gasteiger partial charge is 0.276 e. The van der Waals surface area contributed by atoms with Crippen molar-refractivity contribution in [3.8, 4) is 17.2 Å². The Labute approximate surface area is 152 Å². The average molecular weight is 358 g/mol. The maximum absolute atomic E-state index is 12.2. The van der Waals surface area contributed by atoms with Crippen molar-refractivity contribution in [1.82, 2.24) is 10.9 Å². The first-order valence-corrected chi connectivity index (χ1v) is 7.96. The molecule has 138 valence electrons. The summed E-state index contributed by atoms with van der Waals surface area (Å²) in [7, 11) is 2.98. The van der Waals surface area contributed by atoms with Gasteiger partial charge in [0.1, 0.15) is 17.2 Å². The van der Waals surface area contributed by atoms with Crippen LogP contribution < -0.4 is 25.1 Å². The summed E-state index contributed by atoms with van der Waals surface area (Å²) in [4.78, 5) is 24.1. The van der Waals surface area contributed by atoms with Gasteiger partial charge in [-0.25, -0.2) is 0 Å². The Morgan fingerprint density at radius 1 is 0.923 bits per heavy atom. The lowest BCUT2D eigenvalue weighted by molar-refractivity contribution is -0.123. The molecule has 0 aliphatic heterocycles. The summed E-state index contributed by atoms with van der Waals surface area (Å²) in [6, 6.07) is 10.4. The molecular weight excluding hydrogens is 336 g/mol. The van der Waals surface area contributed by atoms with Crippen LogP contribution in [0.3, 0.4) is 0 Å². The molecule has 0 fully saturated rings. The molecule has 7 heteroatoms.